The van der Waals surface area contributed by atoms with Crippen molar-refractivity contribution in [2.75, 3.05) is 18.7 Å². The van der Waals surface area contributed by atoms with E-state index in [9.17, 15) is 9.59 Å². The summed E-state index contributed by atoms with van der Waals surface area (Å²) in [4.78, 5) is 25.8. The minimum Gasteiger partial charge on any atom is -0.454 e. The molecule has 0 radical (unpaired) electrons. The number of nitrogens with zero attached hydrogens (tertiary/aromatic N) is 1. The van der Waals surface area contributed by atoms with Gasteiger partial charge in [-0.3, -0.25) is 9.59 Å². The minimum absolute atomic E-state index is 0.0533. The number of ether oxygens (including phenoxy) is 2. The SMILES string of the molecule is CC(=O)N(CCC(=O)Nc1ccc2c(c1)OCO2)Cc1cccc(C)c1. The van der Waals surface area contributed by atoms with Crippen LogP contribution in [-0.2, 0) is 16.1 Å². The lowest BCUT2D eigenvalue weighted by Crippen LogP contribution is -2.31. The van der Waals surface area contributed by atoms with Gasteiger partial charge in [-0.25, -0.2) is 0 Å². The van der Waals surface area contributed by atoms with E-state index in [-0.39, 0.29) is 25.0 Å². The lowest BCUT2D eigenvalue weighted by Gasteiger charge is -2.21. The Morgan fingerprint density at radius 2 is 1.92 bits per heavy atom. The lowest BCUT2D eigenvalue weighted by atomic mass is 10.1. The molecule has 0 saturated carbocycles. The van der Waals surface area contributed by atoms with E-state index in [1.165, 1.54) is 6.92 Å². The first-order chi connectivity index (χ1) is 12.5. The van der Waals surface area contributed by atoms with Crippen LogP contribution in [-0.4, -0.2) is 30.1 Å². The molecule has 1 aliphatic rings. The third kappa shape index (κ3) is 4.53. The van der Waals surface area contributed by atoms with Crippen LogP contribution in [0.2, 0.25) is 0 Å². The Morgan fingerprint density at radius 1 is 1.12 bits per heavy atom. The van der Waals surface area contributed by atoms with Gasteiger partial charge >= 0.3 is 0 Å². The van der Waals surface area contributed by atoms with Gasteiger partial charge in [0.1, 0.15) is 0 Å². The molecule has 0 unspecified atom stereocenters. The molecule has 1 heterocycles. The van der Waals surface area contributed by atoms with Gasteiger partial charge in [0.05, 0.1) is 0 Å². The normalized spacial score (nSPS) is 11.9. The summed E-state index contributed by atoms with van der Waals surface area (Å²) >= 11 is 0. The fourth-order valence-electron chi connectivity index (χ4n) is 2.81. The Hall–Kier alpha value is -3.02. The van der Waals surface area contributed by atoms with Gasteiger partial charge in [0.15, 0.2) is 11.5 Å². The maximum absolute atomic E-state index is 12.2. The van der Waals surface area contributed by atoms with Crippen molar-refractivity contribution in [2.24, 2.45) is 0 Å². The molecule has 3 rings (SSSR count). The predicted molar refractivity (Wildman–Crippen MR) is 98.1 cm³/mol. The molecule has 1 aliphatic heterocycles. The molecule has 0 bridgehead atoms. The predicted octanol–water partition coefficient (Wildman–Crippen LogP) is 3.10. The highest BCUT2D eigenvalue weighted by atomic mass is 16.7. The third-order valence-corrected chi connectivity index (χ3v) is 4.17. The topological polar surface area (TPSA) is 67.9 Å². The number of amides is 2. The summed E-state index contributed by atoms with van der Waals surface area (Å²) in [6.45, 7) is 4.58. The van der Waals surface area contributed by atoms with Gasteiger partial charge in [-0.1, -0.05) is 29.8 Å². The molecule has 0 fully saturated rings. The second-order valence-corrected chi connectivity index (χ2v) is 6.30. The number of carbonyl (C=O) groups is 2. The second kappa shape index (κ2) is 7.91. The van der Waals surface area contributed by atoms with Crippen LogP contribution in [0.1, 0.15) is 24.5 Å². The van der Waals surface area contributed by atoms with Gasteiger partial charge in [-0.2, -0.15) is 0 Å². The Kier molecular flexibility index (Phi) is 5.41. The van der Waals surface area contributed by atoms with Gasteiger partial charge in [0.25, 0.3) is 0 Å². The van der Waals surface area contributed by atoms with E-state index < -0.39 is 0 Å². The first-order valence-corrected chi connectivity index (χ1v) is 8.52. The van der Waals surface area contributed by atoms with E-state index in [1.54, 1.807) is 23.1 Å². The van der Waals surface area contributed by atoms with Gasteiger partial charge in [-0.15, -0.1) is 0 Å². The van der Waals surface area contributed by atoms with Crippen molar-refractivity contribution in [3.05, 3.63) is 53.6 Å². The van der Waals surface area contributed by atoms with E-state index in [4.69, 9.17) is 9.47 Å². The zero-order valence-electron chi connectivity index (χ0n) is 15.0. The number of aryl methyl sites for hydroxylation is 1. The summed E-state index contributed by atoms with van der Waals surface area (Å²) in [6.07, 6.45) is 0.222. The molecule has 0 spiro atoms. The van der Waals surface area contributed by atoms with Crippen molar-refractivity contribution in [3.63, 3.8) is 0 Å². The van der Waals surface area contributed by atoms with Crippen LogP contribution in [0.5, 0.6) is 11.5 Å². The van der Waals surface area contributed by atoms with Crippen molar-refractivity contribution in [1.82, 2.24) is 4.90 Å². The van der Waals surface area contributed by atoms with Crippen LogP contribution >= 0.6 is 0 Å². The monoisotopic (exact) mass is 354 g/mol. The van der Waals surface area contributed by atoms with Gasteiger partial charge < -0.3 is 19.7 Å². The summed E-state index contributed by atoms with van der Waals surface area (Å²) in [5.41, 5.74) is 2.84. The van der Waals surface area contributed by atoms with E-state index in [1.807, 2.05) is 31.2 Å². The molecule has 1 N–H and O–H groups in total. The average Bonchev–Trinajstić information content (AvgIpc) is 3.06. The lowest BCUT2D eigenvalue weighted by molar-refractivity contribution is -0.129. The number of nitrogens with one attached hydrogen (secondary N) is 1. The molecule has 6 heteroatoms. The average molecular weight is 354 g/mol. The standard InChI is InChI=1S/C20H22N2O4/c1-14-4-3-5-16(10-14)12-22(15(2)23)9-8-20(24)21-17-6-7-18-19(11-17)26-13-25-18/h3-7,10-11H,8-9,12-13H2,1-2H3,(H,21,24). The Morgan fingerprint density at radius 3 is 2.69 bits per heavy atom. The van der Waals surface area contributed by atoms with Crippen molar-refractivity contribution in [1.29, 1.82) is 0 Å². The van der Waals surface area contributed by atoms with Gasteiger partial charge in [-0.05, 0) is 24.6 Å². The van der Waals surface area contributed by atoms with Crippen LogP contribution in [0.15, 0.2) is 42.5 Å². The van der Waals surface area contributed by atoms with Crippen molar-refractivity contribution >= 4 is 17.5 Å². The fraction of sp³-hybridized carbons (Fsp3) is 0.300. The van der Waals surface area contributed by atoms with E-state index in [0.29, 0.717) is 30.3 Å². The largest absolute Gasteiger partial charge is 0.454 e. The summed E-state index contributed by atoms with van der Waals surface area (Å²) in [6, 6.07) is 13.3. The third-order valence-electron chi connectivity index (χ3n) is 4.17. The molecular formula is C20H22N2O4. The molecule has 0 saturated heterocycles. The maximum atomic E-state index is 12.2. The van der Waals surface area contributed by atoms with Crippen molar-refractivity contribution in [2.45, 2.75) is 26.8 Å². The number of carbonyl (C=O) groups excluding carboxylic acids is 2. The fourth-order valence-corrected chi connectivity index (χ4v) is 2.81. The van der Waals surface area contributed by atoms with Crippen LogP contribution in [0.4, 0.5) is 5.69 Å². The summed E-state index contributed by atoms with van der Waals surface area (Å²) in [5, 5.41) is 2.83. The smallest absolute Gasteiger partial charge is 0.231 e. The Bertz CT molecular complexity index is 819. The summed E-state index contributed by atoms with van der Waals surface area (Å²) < 4.78 is 10.5. The molecule has 0 aliphatic carbocycles. The Labute approximate surface area is 152 Å². The molecule has 2 amide bonds. The molecule has 2 aromatic rings. The summed E-state index contributed by atoms with van der Waals surface area (Å²) in [5.74, 6) is 1.08. The maximum Gasteiger partial charge on any atom is 0.231 e. The molecule has 0 aromatic heterocycles. The number of benzene rings is 2. The number of hydrogen-bond donors (Lipinski definition) is 1. The minimum atomic E-state index is -0.153. The number of fused-ring (bicyclic) bond motifs is 1. The molecule has 26 heavy (non-hydrogen) atoms. The summed E-state index contributed by atoms with van der Waals surface area (Å²) in [7, 11) is 0. The van der Waals surface area contributed by atoms with Crippen LogP contribution in [0, 0.1) is 6.92 Å². The number of rotatable bonds is 6. The highest BCUT2D eigenvalue weighted by molar-refractivity contribution is 5.91. The van der Waals surface area contributed by atoms with Crippen molar-refractivity contribution < 1.29 is 19.1 Å². The van der Waals surface area contributed by atoms with E-state index >= 15 is 0 Å². The first-order valence-electron chi connectivity index (χ1n) is 8.52. The zero-order chi connectivity index (χ0) is 18.5. The zero-order valence-corrected chi connectivity index (χ0v) is 15.0. The van der Waals surface area contributed by atoms with E-state index in [2.05, 4.69) is 5.32 Å². The highest BCUT2D eigenvalue weighted by Crippen LogP contribution is 2.34. The van der Waals surface area contributed by atoms with Crippen LogP contribution in [0.3, 0.4) is 0 Å². The molecular weight excluding hydrogens is 332 g/mol. The van der Waals surface area contributed by atoms with Gasteiger partial charge in [0, 0.05) is 38.2 Å². The quantitative estimate of drug-likeness (QED) is 0.865. The van der Waals surface area contributed by atoms with Crippen LogP contribution in [0.25, 0.3) is 0 Å². The molecule has 6 nitrogen and oxygen atoms in total. The molecule has 136 valence electrons. The Balaban J connectivity index is 1.55. The number of anilines is 1. The van der Waals surface area contributed by atoms with Crippen molar-refractivity contribution in [3.8, 4) is 11.5 Å². The van der Waals surface area contributed by atoms with Gasteiger partial charge in [0.2, 0.25) is 18.6 Å². The second-order valence-electron chi connectivity index (χ2n) is 6.30. The van der Waals surface area contributed by atoms with E-state index in [0.717, 1.165) is 11.1 Å². The van der Waals surface area contributed by atoms with Crippen LogP contribution < -0.4 is 14.8 Å². The number of hydrogen-bond acceptors (Lipinski definition) is 4. The first kappa shape index (κ1) is 17.8. The molecule has 2 aromatic carbocycles. The highest BCUT2D eigenvalue weighted by Gasteiger charge is 2.15. The molecule has 0 atom stereocenters.